The molecule has 0 spiro atoms. The van der Waals surface area contributed by atoms with Gasteiger partial charge in [0.2, 0.25) is 0 Å². The van der Waals surface area contributed by atoms with Gasteiger partial charge in [0.05, 0.1) is 0 Å². The Morgan fingerprint density at radius 2 is 2.05 bits per heavy atom. The van der Waals surface area contributed by atoms with Crippen LogP contribution in [0.15, 0.2) is 18.2 Å². The van der Waals surface area contributed by atoms with Crippen LogP contribution in [0.4, 0.5) is 0 Å². The molecule has 1 fully saturated rings. The summed E-state index contributed by atoms with van der Waals surface area (Å²) in [6.07, 6.45) is 4.63. The number of hydrogen-bond acceptors (Lipinski definition) is 2. The summed E-state index contributed by atoms with van der Waals surface area (Å²) in [6, 6.07) is 6.76. The number of fused-ring (bicyclic) bond motifs is 1. The van der Waals surface area contributed by atoms with Gasteiger partial charge >= 0.3 is 0 Å². The van der Waals surface area contributed by atoms with E-state index in [1.54, 1.807) is 0 Å². The molecule has 3 unspecified atom stereocenters. The van der Waals surface area contributed by atoms with Gasteiger partial charge in [0.25, 0.3) is 5.91 Å². The maximum atomic E-state index is 12.5. The van der Waals surface area contributed by atoms with E-state index in [0.29, 0.717) is 12.0 Å². The first-order chi connectivity index (χ1) is 9.65. The van der Waals surface area contributed by atoms with E-state index in [1.165, 1.54) is 17.5 Å². The van der Waals surface area contributed by atoms with Crippen LogP contribution in [0.2, 0.25) is 0 Å². The lowest BCUT2D eigenvalue weighted by atomic mass is 9.89. The Morgan fingerprint density at radius 3 is 2.85 bits per heavy atom. The number of carbonyl (C=O) groups is 1. The molecule has 1 aromatic carbocycles. The molecule has 3 heteroatoms. The predicted molar refractivity (Wildman–Crippen MR) is 81.0 cm³/mol. The van der Waals surface area contributed by atoms with Crippen LogP contribution < -0.4 is 10.6 Å². The van der Waals surface area contributed by atoms with Gasteiger partial charge in [-0.1, -0.05) is 13.0 Å². The van der Waals surface area contributed by atoms with Gasteiger partial charge < -0.3 is 10.6 Å². The maximum absolute atomic E-state index is 12.5. The van der Waals surface area contributed by atoms with Crippen molar-refractivity contribution in [2.45, 2.75) is 51.6 Å². The third-order valence-electron chi connectivity index (χ3n) is 4.88. The van der Waals surface area contributed by atoms with Crippen molar-refractivity contribution in [2.24, 2.45) is 5.92 Å². The maximum Gasteiger partial charge on any atom is 0.251 e. The molecule has 1 heterocycles. The lowest BCUT2D eigenvalue weighted by Crippen LogP contribution is -2.55. The number of benzene rings is 1. The Kier molecular flexibility index (Phi) is 3.79. The molecule has 2 N–H and O–H groups in total. The SMILES string of the molecule is CC1CCNC(C)C1NC(=O)c1ccc2c(c1)CCC2. The molecular formula is C17H24N2O. The first-order valence-corrected chi connectivity index (χ1v) is 7.81. The number of rotatable bonds is 2. The normalized spacial score (nSPS) is 29.0. The van der Waals surface area contributed by atoms with E-state index in [4.69, 9.17) is 0 Å². The van der Waals surface area contributed by atoms with Crippen LogP contribution >= 0.6 is 0 Å². The lowest BCUT2D eigenvalue weighted by Gasteiger charge is -2.36. The van der Waals surface area contributed by atoms with Gasteiger partial charge in [-0.25, -0.2) is 0 Å². The van der Waals surface area contributed by atoms with Crippen LogP contribution in [0, 0.1) is 5.92 Å². The minimum Gasteiger partial charge on any atom is -0.347 e. The Hall–Kier alpha value is -1.35. The molecule has 3 rings (SSSR count). The molecule has 2 aliphatic rings. The van der Waals surface area contributed by atoms with Gasteiger partial charge in [-0.3, -0.25) is 4.79 Å². The van der Waals surface area contributed by atoms with E-state index in [-0.39, 0.29) is 11.9 Å². The highest BCUT2D eigenvalue weighted by Crippen LogP contribution is 2.23. The molecule has 1 aliphatic heterocycles. The van der Waals surface area contributed by atoms with E-state index in [1.807, 2.05) is 6.07 Å². The van der Waals surface area contributed by atoms with Gasteiger partial charge in [0.1, 0.15) is 0 Å². The van der Waals surface area contributed by atoms with Gasteiger partial charge in [-0.2, -0.15) is 0 Å². The summed E-state index contributed by atoms with van der Waals surface area (Å²) in [5.41, 5.74) is 3.60. The number of hydrogen-bond donors (Lipinski definition) is 2. The second-order valence-electron chi connectivity index (χ2n) is 6.35. The molecule has 0 saturated carbocycles. The highest BCUT2D eigenvalue weighted by molar-refractivity contribution is 5.94. The molecule has 108 valence electrons. The lowest BCUT2D eigenvalue weighted by molar-refractivity contribution is 0.0897. The van der Waals surface area contributed by atoms with Crippen molar-refractivity contribution in [3.8, 4) is 0 Å². The Bertz CT molecular complexity index is 502. The molecule has 0 radical (unpaired) electrons. The highest BCUT2D eigenvalue weighted by atomic mass is 16.1. The van der Waals surface area contributed by atoms with Crippen molar-refractivity contribution in [3.63, 3.8) is 0 Å². The Labute approximate surface area is 121 Å². The van der Waals surface area contributed by atoms with Gasteiger partial charge in [-0.05, 0) is 68.3 Å². The molecule has 20 heavy (non-hydrogen) atoms. The van der Waals surface area contributed by atoms with Crippen LogP contribution in [0.3, 0.4) is 0 Å². The second-order valence-corrected chi connectivity index (χ2v) is 6.35. The van der Waals surface area contributed by atoms with E-state index in [2.05, 4.69) is 36.6 Å². The molecular weight excluding hydrogens is 248 g/mol. The van der Waals surface area contributed by atoms with Crippen molar-refractivity contribution in [1.82, 2.24) is 10.6 Å². The molecule has 0 aromatic heterocycles. The fourth-order valence-electron chi connectivity index (χ4n) is 3.55. The van der Waals surface area contributed by atoms with Crippen LogP contribution in [0.5, 0.6) is 0 Å². The fourth-order valence-corrected chi connectivity index (χ4v) is 3.55. The quantitative estimate of drug-likeness (QED) is 0.867. The summed E-state index contributed by atoms with van der Waals surface area (Å²) in [4.78, 5) is 12.5. The zero-order valence-corrected chi connectivity index (χ0v) is 12.4. The summed E-state index contributed by atoms with van der Waals surface area (Å²) in [7, 11) is 0. The first kappa shape index (κ1) is 13.6. The third-order valence-corrected chi connectivity index (χ3v) is 4.88. The van der Waals surface area contributed by atoms with Crippen molar-refractivity contribution >= 4 is 5.91 Å². The monoisotopic (exact) mass is 272 g/mol. The molecule has 0 bridgehead atoms. The third kappa shape index (κ3) is 2.59. The average molecular weight is 272 g/mol. The predicted octanol–water partition coefficient (Wildman–Crippen LogP) is 2.29. The fraction of sp³-hybridized carbons (Fsp3) is 0.588. The van der Waals surface area contributed by atoms with E-state index >= 15 is 0 Å². The number of nitrogens with one attached hydrogen (secondary N) is 2. The van der Waals surface area contributed by atoms with Crippen LogP contribution in [-0.2, 0) is 12.8 Å². The van der Waals surface area contributed by atoms with Gasteiger partial charge in [0, 0.05) is 17.6 Å². The summed E-state index contributed by atoms with van der Waals surface area (Å²) < 4.78 is 0. The van der Waals surface area contributed by atoms with E-state index in [0.717, 1.165) is 31.4 Å². The van der Waals surface area contributed by atoms with E-state index < -0.39 is 0 Å². The molecule has 3 atom stereocenters. The number of piperidine rings is 1. The van der Waals surface area contributed by atoms with Gasteiger partial charge in [0.15, 0.2) is 0 Å². The number of carbonyl (C=O) groups excluding carboxylic acids is 1. The standard InChI is InChI=1S/C17H24N2O/c1-11-8-9-18-12(2)16(11)19-17(20)15-7-6-13-4-3-5-14(13)10-15/h6-7,10-12,16,18H,3-5,8-9H2,1-2H3,(H,19,20). The Morgan fingerprint density at radius 1 is 1.25 bits per heavy atom. The average Bonchev–Trinajstić information content (AvgIpc) is 2.90. The smallest absolute Gasteiger partial charge is 0.251 e. The molecule has 1 aromatic rings. The molecule has 3 nitrogen and oxygen atoms in total. The minimum atomic E-state index is 0.0760. The van der Waals surface area contributed by atoms with Gasteiger partial charge in [-0.15, -0.1) is 0 Å². The molecule has 1 amide bonds. The zero-order valence-electron chi connectivity index (χ0n) is 12.4. The summed E-state index contributed by atoms with van der Waals surface area (Å²) >= 11 is 0. The first-order valence-electron chi connectivity index (χ1n) is 7.81. The van der Waals surface area contributed by atoms with E-state index in [9.17, 15) is 4.79 Å². The zero-order chi connectivity index (χ0) is 14.1. The highest BCUT2D eigenvalue weighted by Gasteiger charge is 2.29. The van der Waals surface area contributed by atoms with Crippen LogP contribution in [0.1, 0.15) is 48.2 Å². The topological polar surface area (TPSA) is 41.1 Å². The Balaban J connectivity index is 1.72. The van der Waals surface area contributed by atoms with Crippen LogP contribution in [-0.4, -0.2) is 24.5 Å². The van der Waals surface area contributed by atoms with Crippen molar-refractivity contribution < 1.29 is 4.79 Å². The summed E-state index contributed by atoms with van der Waals surface area (Å²) in [5.74, 6) is 0.608. The number of amides is 1. The second kappa shape index (κ2) is 5.57. The van der Waals surface area contributed by atoms with Crippen molar-refractivity contribution in [3.05, 3.63) is 34.9 Å². The molecule has 1 aliphatic carbocycles. The largest absolute Gasteiger partial charge is 0.347 e. The van der Waals surface area contributed by atoms with Crippen molar-refractivity contribution in [1.29, 1.82) is 0 Å². The minimum absolute atomic E-state index is 0.0760. The summed E-state index contributed by atoms with van der Waals surface area (Å²) in [6.45, 7) is 5.43. The van der Waals surface area contributed by atoms with Crippen LogP contribution in [0.25, 0.3) is 0 Å². The molecule has 1 saturated heterocycles. The number of aryl methyl sites for hydroxylation is 2. The summed E-state index contributed by atoms with van der Waals surface area (Å²) in [5, 5.41) is 6.67. The van der Waals surface area contributed by atoms with Crippen molar-refractivity contribution in [2.75, 3.05) is 6.54 Å².